The van der Waals surface area contributed by atoms with Gasteiger partial charge in [0.05, 0.1) is 29.1 Å². The number of alkyl halides is 3. The number of Topliss-reactive ketones (excluding diaryl/α,β-unsaturated/α-hetero) is 1. The molecule has 0 bridgehead atoms. The van der Waals surface area contributed by atoms with Gasteiger partial charge in [-0.1, -0.05) is 48.5 Å². The van der Waals surface area contributed by atoms with Crippen molar-refractivity contribution >= 4 is 29.5 Å². The molecule has 2 aromatic carbocycles. The number of hydrazone groups is 1. The molecule has 2 aromatic rings. The quantitative estimate of drug-likeness (QED) is 0.544. The van der Waals surface area contributed by atoms with Crippen LogP contribution in [0.3, 0.4) is 0 Å². The third-order valence-electron chi connectivity index (χ3n) is 6.07. The normalized spacial score (nSPS) is 26.5. The van der Waals surface area contributed by atoms with E-state index < -0.39 is 58.9 Å². The Bertz CT molecular complexity index is 1180. The first-order valence-corrected chi connectivity index (χ1v) is 9.93. The van der Waals surface area contributed by atoms with E-state index in [2.05, 4.69) is 5.10 Å². The summed E-state index contributed by atoms with van der Waals surface area (Å²) in [6.45, 7) is 0. The highest BCUT2D eigenvalue weighted by Gasteiger charge is 2.64. The molecule has 2 amide bonds. The second kappa shape index (κ2) is 7.15. The lowest BCUT2D eigenvalue weighted by Crippen LogP contribution is -2.46. The maximum atomic E-state index is 13.6. The largest absolute Gasteiger partial charge is 0.418 e. The van der Waals surface area contributed by atoms with Gasteiger partial charge in [-0.25, -0.2) is 4.90 Å². The van der Waals surface area contributed by atoms with Crippen molar-refractivity contribution in [2.75, 3.05) is 4.90 Å². The number of ketones is 1. The second-order valence-corrected chi connectivity index (χ2v) is 7.77. The standard InChI is InChI=1S/C23H16F3N3O3/c24-23(25,26)14-9-4-5-10-15(14)28-21(31)17-16-11-6-12-27-29(16)19(18(17)22(28)32)20(30)13-7-2-1-3-8-13/h1-12,16-19H/t16-,17+,18-,19+/m1/s1. The first kappa shape index (κ1) is 20.2. The number of para-hydroxylation sites is 1. The third kappa shape index (κ3) is 2.88. The van der Waals surface area contributed by atoms with Gasteiger partial charge in [0, 0.05) is 11.8 Å². The Morgan fingerprint density at radius 3 is 2.28 bits per heavy atom. The van der Waals surface area contributed by atoms with Gasteiger partial charge < -0.3 is 0 Å². The van der Waals surface area contributed by atoms with Crippen LogP contribution >= 0.6 is 0 Å². The van der Waals surface area contributed by atoms with E-state index in [4.69, 9.17) is 0 Å². The van der Waals surface area contributed by atoms with Gasteiger partial charge >= 0.3 is 6.18 Å². The monoisotopic (exact) mass is 439 g/mol. The molecule has 32 heavy (non-hydrogen) atoms. The van der Waals surface area contributed by atoms with Gasteiger partial charge in [-0.15, -0.1) is 0 Å². The van der Waals surface area contributed by atoms with Gasteiger partial charge in [-0.2, -0.15) is 18.3 Å². The van der Waals surface area contributed by atoms with Crippen LogP contribution in [0.5, 0.6) is 0 Å². The van der Waals surface area contributed by atoms with Gasteiger partial charge in [0.15, 0.2) is 5.78 Å². The molecule has 3 aliphatic rings. The molecular weight excluding hydrogens is 423 g/mol. The zero-order valence-electron chi connectivity index (χ0n) is 16.4. The molecule has 0 aromatic heterocycles. The summed E-state index contributed by atoms with van der Waals surface area (Å²) < 4.78 is 40.8. The molecule has 0 saturated carbocycles. The van der Waals surface area contributed by atoms with E-state index in [0.717, 1.165) is 12.1 Å². The zero-order valence-corrected chi connectivity index (χ0v) is 16.4. The fraction of sp³-hybridized carbons (Fsp3) is 0.217. The predicted octanol–water partition coefficient (Wildman–Crippen LogP) is 3.30. The van der Waals surface area contributed by atoms with Crippen LogP contribution < -0.4 is 4.90 Å². The van der Waals surface area contributed by atoms with E-state index in [-0.39, 0.29) is 0 Å². The van der Waals surface area contributed by atoms with Gasteiger partial charge in [0.25, 0.3) is 0 Å². The molecule has 4 atom stereocenters. The minimum Gasteiger partial charge on any atom is -0.292 e. The Balaban J connectivity index is 1.61. The summed E-state index contributed by atoms with van der Waals surface area (Å²) in [5, 5.41) is 5.65. The number of anilines is 1. The molecule has 3 heterocycles. The molecule has 0 N–H and O–H groups in total. The Labute approximate surface area is 180 Å². The summed E-state index contributed by atoms with van der Waals surface area (Å²) >= 11 is 0. The van der Waals surface area contributed by atoms with Crippen LogP contribution in [-0.4, -0.2) is 40.9 Å². The highest BCUT2D eigenvalue weighted by Crippen LogP contribution is 2.48. The molecule has 0 aliphatic carbocycles. The molecule has 162 valence electrons. The van der Waals surface area contributed by atoms with Crippen LogP contribution in [0, 0.1) is 11.8 Å². The summed E-state index contributed by atoms with van der Waals surface area (Å²) in [7, 11) is 0. The molecule has 6 nitrogen and oxygen atoms in total. The predicted molar refractivity (Wildman–Crippen MR) is 109 cm³/mol. The van der Waals surface area contributed by atoms with Gasteiger partial charge in [-0.3, -0.25) is 19.4 Å². The van der Waals surface area contributed by atoms with Crippen LogP contribution in [0.2, 0.25) is 0 Å². The number of carbonyl (C=O) groups excluding carboxylic acids is 3. The molecule has 3 aliphatic heterocycles. The van der Waals surface area contributed by atoms with Crippen LogP contribution in [0.4, 0.5) is 18.9 Å². The van der Waals surface area contributed by atoms with Crippen LogP contribution in [0.25, 0.3) is 0 Å². The number of amides is 2. The molecule has 2 fully saturated rings. The number of imide groups is 1. The molecule has 0 radical (unpaired) electrons. The number of rotatable bonds is 3. The highest BCUT2D eigenvalue weighted by molar-refractivity contribution is 6.25. The molecule has 5 rings (SSSR count). The molecule has 0 spiro atoms. The van der Waals surface area contributed by atoms with Gasteiger partial charge in [0.1, 0.15) is 6.04 Å². The number of hydrogen-bond acceptors (Lipinski definition) is 5. The number of benzene rings is 2. The first-order chi connectivity index (χ1) is 15.3. The highest BCUT2D eigenvalue weighted by atomic mass is 19.4. The topological polar surface area (TPSA) is 70.0 Å². The summed E-state index contributed by atoms with van der Waals surface area (Å²) in [5.74, 6) is -4.18. The summed E-state index contributed by atoms with van der Waals surface area (Å²) in [6.07, 6.45) is -0.0609. The lowest BCUT2D eigenvalue weighted by molar-refractivity contribution is -0.137. The Hall–Kier alpha value is -3.75. The minimum absolute atomic E-state index is 0.330. The summed E-state index contributed by atoms with van der Waals surface area (Å²) in [6, 6.07) is 10.9. The molecule has 2 saturated heterocycles. The molecular formula is C23H16F3N3O3. The number of carbonyl (C=O) groups is 3. The van der Waals surface area contributed by atoms with E-state index in [0.29, 0.717) is 10.5 Å². The smallest absolute Gasteiger partial charge is 0.292 e. The van der Waals surface area contributed by atoms with Crippen LogP contribution in [0.1, 0.15) is 15.9 Å². The van der Waals surface area contributed by atoms with Crippen molar-refractivity contribution in [1.29, 1.82) is 0 Å². The fourth-order valence-corrected chi connectivity index (χ4v) is 4.76. The van der Waals surface area contributed by atoms with E-state index in [9.17, 15) is 27.6 Å². The first-order valence-electron chi connectivity index (χ1n) is 9.93. The van der Waals surface area contributed by atoms with E-state index in [1.54, 1.807) is 42.5 Å². The van der Waals surface area contributed by atoms with Crippen molar-refractivity contribution in [1.82, 2.24) is 5.01 Å². The van der Waals surface area contributed by atoms with Crippen molar-refractivity contribution in [2.45, 2.75) is 18.3 Å². The van der Waals surface area contributed by atoms with Crippen molar-refractivity contribution in [2.24, 2.45) is 16.9 Å². The van der Waals surface area contributed by atoms with Crippen LogP contribution in [-0.2, 0) is 15.8 Å². The summed E-state index contributed by atoms with van der Waals surface area (Å²) in [5.41, 5.74) is -1.28. The maximum Gasteiger partial charge on any atom is 0.418 e. The zero-order chi connectivity index (χ0) is 22.6. The van der Waals surface area contributed by atoms with Gasteiger partial charge in [0.2, 0.25) is 11.8 Å². The average molecular weight is 439 g/mol. The summed E-state index contributed by atoms with van der Waals surface area (Å²) in [4.78, 5) is 40.8. The number of hydrogen-bond donors (Lipinski definition) is 0. The maximum absolute atomic E-state index is 13.6. The number of fused-ring (bicyclic) bond motifs is 3. The van der Waals surface area contributed by atoms with E-state index in [1.807, 2.05) is 0 Å². The average Bonchev–Trinajstić information content (AvgIpc) is 3.26. The molecule has 9 heteroatoms. The lowest BCUT2D eigenvalue weighted by atomic mass is 9.86. The number of nitrogens with zero attached hydrogens (tertiary/aromatic N) is 3. The van der Waals surface area contributed by atoms with Gasteiger partial charge in [-0.05, 0) is 18.2 Å². The lowest BCUT2D eigenvalue weighted by Gasteiger charge is -2.30. The van der Waals surface area contributed by atoms with Crippen LogP contribution in [0.15, 0.2) is 71.9 Å². The van der Waals surface area contributed by atoms with Crippen molar-refractivity contribution < 1.29 is 27.6 Å². The van der Waals surface area contributed by atoms with Crippen molar-refractivity contribution in [3.63, 3.8) is 0 Å². The van der Waals surface area contributed by atoms with Crippen molar-refractivity contribution in [3.8, 4) is 0 Å². The third-order valence-corrected chi connectivity index (χ3v) is 6.07. The Morgan fingerprint density at radius 1 is 0.906 bits per heavy atom. The fourth-order valence-electron chi connectivity index (χ4n) is 4.76. The number of halogens is 3. The number of allylic oxidation sites excluding steroid dienone is 1. The van der Waals surface area contributed by atoms with Crippen molar-refractivity contribution in [3.05, 3.63) is 77.9 Å². The minimum atomic E-state index is -4.75. The second-order valence-electron chi connectivity index (χ2n) is 7.77. The SMILES string of the molecule is O=C(c1ccccc1)[C@@H]1[C@@H]2C(=O)N(c3ccccc3C(F)(F)F)C(=O)[C@H]2[C@H]2C=CC=NN21. The van der Waals surface area contributed by atoms with E-state index >= 15 is 0 Å². The Morgan fingerprint density at radius 2 is 1.56 bits per heavy atom. The Kier molecular flexibility index (Phi) is 4.51. The molecule has 0 unspecified atom stereocenters. The van der Waals surface area contributed by atoms with E-state index in [1.165, 1.54) is 23.4 Å².